The van der Waals surface area contributed by atoms with E-state index in [1.54, 1.807) is 18.6 Å². The number of benzene rings is 3. The van der Waals surface area contributed by atoms with E-state index in [0.717, 1.165) is 169 Å². The number of aliphatic hydroxyl groups is 6. The van der Waals surface area contributed by atoms with Crippen LogP contribution in [0.4, 0.5) is 22.7 Å². The molecule has 0 radical (unpaired) electrons. The Balaban J connectivity index is 0.000000148. The van der Waals surface area contributed by atoms with Gasteiger partial charge in [0.15, 0.2) is 23.3 Å². The minimum Gasteiger partial charge on any atom is -0.393 e. The first kappa shape index (κ1) is 104. The van der Waals surface area contributed by atoms with Gasteiger partial charge in [0.1, 0.15) is 24.0 Å². The number of nitrogens with one attached hydrogen (secondary N) is 8. The van der Waals surface area contributed by atoms with Crippen LogP contribution in [0.15, 0.2) is 116 Å². The van der Waals surface area contributed by atoms with Gasteiger partial charge in [-0.05, 0) is 345 Å². The molecule has 3 unspecified atom stereocenters. The second-order valence-corrected chi connectivity index (χ2v) is 47.1. The van der Waals surface area contributed by atoms with Crippen LogP contribution in [0.1, 0.15) is 387 Å². The van der Waals surface area contributed by atoms with Crippen LogP contribution in [0.3, 0.4) is 0 Å². The lowest BCUT2D eigenvalue weighted by Gasteiger charge is -2.47. The van der Waals surface area contributed by atoms with Gasteiger partial charge in [0, 0.05) is 81.0 Å². The van der Waals surface area contributed by atoms with Gasteiger partial charge in [-0.2, -0.15) is 5.26 Å². The molecule has 11 atom stereocenters. The van der Waals surface area contributed by atoms with Crippen molar-refractivity contribution in [3.63, 3.8) is 0 Å². The van der Waals surface area contributed by atoms with Gasteiger partial charge in [0.2, 0.25) is 0 Å². The van der Waals surface area contributed by atoms with Gasteiger partial charge in [0.25, 0.3) is 23.6 Å². The number of rotatable bonds is 20. The summed E-state index contributed by atoms with van der Waals surface area (Å²) in [5.74, 6) is 0.404. The maximum Gasteiger partial charge on any atom is 0.291 e. The predicted octanol–water partition coefficient (Wildman–Crippen LogP) is 20.6. The first-order valence-corrected chi connectivity index (χ1v) is 49.7. The summed E-state index contributed by atoms with van der Waals surface area (Å²) >= 11 is 0. The van der Waals surface area contributed by atoms with E-state index in [4.69, 9.17) is 29.2 Å². The zero-order chi connectivity index (χ0) is 101. The first-order valence-electron chi connectivity index (χ1n) is 49.7. The number of hydrogen-bond acceptors (Lipinski definition) is 20. The molecule has 2 bridgehead atoms. The third kappa shape index (κ3) is 25.0. The number of fused-ring (bicyclic) bond motifs is 2. The van der Waals surface area contributed by atoms with Crippen LogP contribution in [0.25, 0.3) is 22.3 Å². The molecule has 14 N–H and O–H groups in total. The second-order valence-electron chi connectivity index (χ2n) is 47.1. The van der Waals surface area contributed by atoms with Crippen molar-refractivity contribution in [2.24, 2.45) is 21.7 Å². The number of allylic oxidation sites excluding steroid dienone is 8. The van der Waals surface area contributed by atoms with Crippen LogP contribution < -0.4 is 21.3 Å². The van der Waals surface area contributed by atoms with Crippen molar-refractivity contribution in [2.75, 3.05) is 47.7 Å². The van der Waals surface area contributed by atoms with Gasteiger partial charge in [0.05, 0.1) is 88.8 Å². The lowest BCUT2D eigenvalue weighted by Crippen LogP contribution is -2.51. The molecule has 0 spiro atoms. The Labute approximate surface area is 819 Å². The van der Waals surface area contributed by atoms with Crippen LogP contribution in [-0.2, 0) is 18.9 Å². The number of nitriles is 1. The Morgan fingerprint density at radius 1 is 0.381 bits per heavy atom. The summed E-state index contributed by atoms with van der Waals surface area (Å²) in [6.45, 7) is 43.4. The Bertz CT molecular complexity index is 5820. The zero-order valence-corrected chi connectivity index (χ0v) is 85.5. The Kier molecular flexibility index (Phi) is 30.4. The van der Waals surface area contributed by atoms with Crippen LogP contribution >= 0.6 is 0 Å². The molecule has 5 fully saturated rings. The van der Waals surface area contributed by atoms with E-state index in [9.17, 15) is 49.8 Å². The molecule has 748 valence electrons. The van der Waals surface area contributed by atoms with E-state index < -0.39 is 51.7 Å². The number of nitrogens with zero attached hydrogens (tertiary/aromatic N) is 6. The fourth-order valence-corrected chi connectivity index (χ4v) is 22.4. The number of ether oxygens (including phenoxy) is 4. The smallest absolute Gasteiger partial charge is 0.291 e. The Morgan fingerprint density at radius 2 is 0.683 bits per heavy atom. The van der Waals surface area contributed by atoms with E-state index in [2.05, 4.69) is 199 Å². The highest BCUT2D eigenvalue weighted by Gasteiger charge is 2.62. The van der Waals surface area contributed by atoms with Gasteiger partial charge >= 0.3 is 0 Å². The Hall–Kier alpha value is -10.4. The number of aryl methyl sites for hydroxylation is 3. The van der Waals surface area contributed by atoms with Gasteiger partial charge in [-0.15, -0.1) is 0 Å². The quantitative estimate of drug-likeness (QED) is 0.0337. The molecule has 4 amide bonds. The van der Waals surface area contributed by atoms with Gasteiger partial charge in [-0.25, -0.2) is 19.9 Å². The van der Waals surface area contributed by atoms with Crippen LogP contribution in [0, 0.1) is 53.8 Å². The van der Waals surface area contributed by atoms with E-state index in [1.807, 2.05) is 105 Å². The van der Waals surface area contributed by atoms with Crippen molar-refractivity contribution >= 4 is 68.7 Å². The van der Waals surface area contributed by atoms with Crippen molar-refractivity contribution in [2.45, 2.75) is 355 Å². The largest absolute Gasteiger partial charge is 0.393 e. The number of aromatic nitrogens is 9. The van der Waals surface area contributed by atoms with Crippen LogP contribution in [-0.4, -0.2) is 183 Å². The highest BCUT2D eigenvalue weighted by atomic mass is 16.6. The van der Waals surface area contributed by atoms with E-state index in [-0.39, 0.29) is 107 Å². The van der Waals surface area contributed by atoms with Crippen molar-refractivity contribution in [1.82, 2.24) is 44.9 Å². The van der Waals surface area contributed by atoms with Crippen molar-refractivity contribution in [3.8, 4) is 6.07 Å². The maximum absolute atomic E-state index is 12.9. The number of aromatic amines is 4. The molecule has 10 heterocycles. The molecule has 139 heavy (non-hydrogen) atoms. The molecule has 28 nitrogen and oxygen atoms in total. The number of carbonyl (C=O) groups is 4. The minimum atomic E-state index is -0.907. The number of H-pyrrole nitrogens is 4. The Morgan fingerprint density at radius 3 is 0.978 bits per heavy atom. The van der Waals surface area contributed by atoms with Crippen LogP contribution in [0.5, 0.6) is 0 Å². The summed E-state index contributed by atoms with van der Waals surface area (Å²) in [5, 5.41) is 82.7. The third-order valence-corrected chi connectivity index (χ3v) is 30.2. The molecule has 4 aliphatic carbocycles. The summed E-state index contributed by atoms with van der Waals surface area (Å²) in [4.78, 5) is 85.0. The normalized spacial score (nSPS) is 28.1. The van der Waals surface area contributed by atoms with E-state index in [0.29, 0.717) is 67.2 Å². The average Bonchev–Trinajstić information content (AvgIpc) is 1.57. The maximum atomic E-state index is 12.9. The minimum absolute atomic E-state index is 0.0699. The zero-order valence-electron chi connectivity index (χ0n) is 85.5. The predicted molar refractivity (Wildman–Crippen MR) is 542 cm³/mol. The molecule has 5 aromatic heterocycles. The average molecular weight is 1900 g/mol. The van der Waals surface area contributed by atoms with Crippen LogP contribution in [0.2, 0.25) is 0 Å². The SMILES string of the molecule is CC1(C)CC=C(c2cc(C3C[C@](C)(CO)O[C@](C)(CO)C3)ccc2NC(=O)c2ncc(C#N)[nH]2)CC1.Cc1cnc(C(=O)Nc2ccc(C3CC(C)(C)OC(C)(C)C3)nc2C2=CCC(C)(C)CC2)[nH]1.Cc1cnc(C(=O)Nc2ccc(C3C[C@@]4(C)O[C@@](C)(C3)[C@H](O)[C@@H]4O)cc2C2=CCC(C)(C)CC2)[nH]1.Cc1cnc(C(=O)Nc2ccc(C3C[C@](C)(CO)O[C@](C)(CO)C3)cc2C2=CCC(C)(C)CC2)[nH]1. The van der Waals surface area contributed by atoms with Gasteiger partial charge < -0.3 is 90.8 Å². The lowest BCUT2D eigenvalue weighted by molar-refractivity contribution is -0.208. The molecular weight excluding hydrogens is 1750 g/mol. The molecule has 5 aliphatic heterocycles. The van der Waals surface area contributed by atoms with E-state index >= 15 is 0 Å². The molecule has 3 aromatic carbocycles. The third-order valence-electron chi connectivity index (χ3n) is 30.2. The highest BCUT2D eigenvalue weighted by Crippen LogP contribution is 2.56. The summed E-state index contributed by atoms with van der Waals surface area (Å²) < 4.78 is 24.7. The van der Waals surface area contributed by atoms with Gasteiger partial charge in [-0.3, -0.25) is 24.2 Å². The summed E-state index contributed by atoms with van der Waals surface area (Å²) in [6, 6.07) is 24.5. The lowest BCUT2D eigenvalue weighted by atomic mass is 9.74. The number of carbonyl (C=O) groups excluding carboxylic acids is 4. The first-order chi connectivity index (χ1) is 65.1. The van der Waals surface area contributed by atoms with Crippen molar-refractivity contribution in [1.29, 1.82) is 5.26 Å². The number of pyridine rings is 1. The molecule has 0 saturated carbocycles. The number of amides is 4. The van der Waals surface area contributed by atoms with Gasteiger partial charge in [-0.1, -0.05) is 97.9 Å². The molecular formula is C111H150N14O14. The number of aliphatic hydroxyl groups excluding tert-OH is 6. The summed E-state index contributed by atoms with van der Waals surface area (Å²) in [7, 11) is 0. The molecule has 5 saturated heterocycles. The second kappa shape index (κ2) is 40.5. The highest BCUT2D eigenvalue weighted by molar-refractivity contribution is 6.06. The fourth-order valence-electron chi connectivity index (χ4n) is 22.4. The monoisotopic (exact) mass is 1900 g/mol. The standard InChI is InChI=1S/C28H36N4O4.C28H37N3O4.C28H39N3O4.C27H38N4O2/c1-26(2)9-7-18(8-10-26)22-11-19(20-12-27(3,16-33)36-28(4,13-20)17-34)5-6-23(22)32-25(35)24-30-15-21(14-29)31-24;1-16-15-29-24(30-16)25(34)31-21-7-6-18(12-20(21)17-8-10-26(2,3)11-9-17)19-13-27(4)22(32)23(33)28(5,14-19)35-27;1-18-15-29-24(30-18)25(34)31-23-7-6-20(12-22(23)19-8-10-26(2,3)11-9-19)21-13-27(4,16-32)35-28(5,14-21)17-33;1-17-16-28-23(29-17)24(32)31-21-9-8-20(19-14-26(4,5)33-27(6,7)15-19)30-22(21)18-10-12-25(2,3)13-11-18/h5-7,11,15,20,33-34H,8-10,12-13,16-17H2,1-4H3,(H,30,31)(H,32,35);6-8,12,15,19,22-23,32-33H,9-11,13-14H2,1-5H3,(H,29,30)(H,31,34);6-8,12,15,21,32-33H,9-11,13-14,16-17H2,1-5H3,(H,29,30)(H,31,34);8-10,16,19H,11-15H2,1-7H3,(H,28,29)(H,31,32)/t20?,27-,28+;19?,22-,23+,27+,28-;21?,27-,28+;. The fraction of sp³-hybridized carbons (Fsp3) is 0.568. The van der Waals surface area contributed by atoms with Crippen molar-refractivity contribution in [3.05, 3.63) is 207 Å². The topological polar surface area (TPSA) is 426 Å². The molecule has 9 aliphatic rings. The number of anilines is 4. The number of hydrogen-bond donors (Lipinski definition) is 14. The van der Waals surface area contributed by atoms with E-state index in [1.165, 1.54) is 28.5 Å². The summed E-state index contributed by atoms with van der Waals surface area (Å²) in [6.07, 6.45) is 31.3. The molecule has 8 aromatic rings. The molecule has 17 rings (SSSR count). The molecule has 28 heteroatoms. The summed E-state index contributed by atoms with van der Waals surface area (Å²) in [5.41, 5.74) is 15.1. The van der Waals surface area contributed by atoms with Crippen molar-refractivity contribution < 1.29 is 68.8 Å². The number of imidazole rings is 4.